The van der Waals surface area contributed by atoms with Gasteiger partial charge in [-0.1, -0.05) is 17.3 Å². The summed E-state index contributed by atoms with van der Waals surface area (Å²) in [5, 5.41) is 11.4. The molecule has 5 nitrogen and oxygen atoms in total. The van der Waals surface area contributed by atoms with Crippen molar-refractivity contribution in [2.24, 2.45) is 10.9 Å². The molecule has 18 heavy (non-hydrogen) atoms. The minimum absolute atomic E-state index is 0.0571. The number of aromatic nitrogens is 1. The quantitative estimate of drug-likeness (QED) is 0.376. The van der Waals surface area contributed by atoms with Crippen molar-refractivity contribution in [1.82, 2.24) is 4.98 Å². The van der Waals surface area contributed by atoms with E-state index < -0.39 is 5.82 Å². The first-order valence-electron chi connectivity index (χ1n) is 5.07. The molecule has 0 saturated carbocycles. The van der Waals surface area contributed by atoms with Crippen LogP contribution in [0.2, 0.25) is 0 Å². The van der Waals surface area contributed by atoms with E-state index in [9.17, 15) is 4.39 Å². The summed E-state index contributed by atoms with van der Waals surface area (Å²) in [7, 11) is 0. The molecular weight excluding hydrogens is 237 g/mol. The third-order valence-electron chi connectivity index (χ3n) is 2.19. The van der Waals surface area contributed by atoms with Crippen molar-refractivity contribution in [3.63, 3.8) is 0 Å². The van der Waals surface area contributed by atoms with Crippen LogP contribution in [-0.2, 0) is 0 Å². The van der Waals surface area contributed by atoms with E-state index in [0.717, 1.165) is 0 Å². The van der Waals surface area contributed by atoms with Gasteiger partial charge >= 0.3 is 0 Å². The van der Waals surface area contributed by atoms with E-state index in [0.29, 0.717) is 5.56 Å². The minimum Gasteiger partial charge on any atom is -0.436 e. The van der Waals surface area contributed by atoms with Crippen molar-refractivity contribution < 1.29 is 14.3 Å². The van der Waals surface area contributed by atoms with Crippen molar-refractivity contribution in [3.8, 4) is 11.6 Å². The average molecular weight is 247 g/mol. The molecule has 0 spiro atoms. The summed E-state index contributed by atoms with van der Waals surface area (Å²) in [6.07, 6.45) is 1.42. The highest BCUT2D eigenvalue weighted by Gasteiger charge is 2.06. The summed E-state index contributed by atoms with van der Waals surface area (Å²) in [4.78, 5) is 3.91. The second-order valence-electron chi connectivity index (χ2n) is 3.40. The Hall–Kier alpha value is -2.63. The Kier molecular flexibility index (Phi) is 3.38. The predicted molar refractivity (Wildman–Crippen MR) is 63.2 cm³/mol. The Morgan fingerprint density at radius 2 is 2.11 bits per heavy atom. The Morgan fingerprint density at radius 3 is 2.83 bits per heavy atom. The third kappa shape index (κ3) is 2.54. The minimum atomic E-state index is -0.492. The number of nitrogens with zero attached hydrogens (tertiary/aromatic N) is 2. The number of nitrogens with two attached hydrogens (primary N) is 1. The van der Waals surface area contributed by atoms with Gasteiger partial charge in [0.15, 0.2) is 17.4 Å². The van der Waals surface area contributed by atoms with Crippen molar-refractivity contribution in [3.05, 3.63) is 54.0 Å². The van der Waals surface area contributed by atoms with Gasteiger partial charge in [-0.05, 0) is 18.2 Å². The summed E-state index contributed by atoms with van der Waals surface area (Å²) < 4.78 is 18.6. The molecule has 0 bridgehead atoms. The van der Waals surface area contributed by atoms with E-state index in [-0.39, 0.29) is 17.5 Å². The molecule has 0 radical (unpaired) electrons. The van der Waals surface area contributed by atoms with Crippen LogP contribution in [0.4, 0.5) is 4.39 Å². The molecule has 0 unspecified atom stereocenters. The van der Waals surface area contributed by atoms with E-state index in [1.54, 1.807) is 18.2 Å². The molecule has 0 aliphatic rings. The highest BCUT2D eigenvalue weighted by Crippen LogP contribution is 2.22. The Labute approximate surface area is 102 Å². The van der Waals surface area contributed by atoms with Gasteiger partial charge in [-0.3, -0.25) is 0 Å². The molecule has 1 aromatic carbocycles. The molecule has 0 aliphatic heterocycles. The van der Waals surface area contributed by atoms with Gasteiger partial charge in [0.25, 0.3) is 0 Å². The maximum atomic E-state index is 13.4. The molecule has 0 amide bonds. The lowest BCUT2D eigenvalue weighted by atomic mass is 10.2. The standard InChI is InChI=1S/C12H10FN3O2/c13-9-3-1-2-4-10(9)18-11-7-8(5-6-15-11)12(14)16-17/h1-7,17H,(H2,14,16). The molecule has 1 aromatic heterocycles. The van der Waals surface area contributed by atoms with Gasteiger partial charge in [0.2, 0.25) is 5.88 Å². The SMILES string of the molecule is N/C(=N\O)c1ccnc(Oc2ccccc2F)c1. The zero-order valence-electron chi connectivity index (χ0n) is 9.25. The second kappa shape index (κ2) is 5.13. The van der Waals surface area contributed by atoms with Crippen LogP contribution in [-0.4, -0.2) is 16.0 Å². The number of para-hydroxylation sites is 1. The molecule has 0 atom stereocenters. The molecule has 6 heteroatoms. The van der Waals surface area contributed by atoms with Gasteiger partial charge < -0.3 is 15.7 Å². The predicted octanol–water partition coefficient (Wildman–Crippen LogP) is 2.11. The van der Waals surface area contributed by atoms with Crippen LogP contribution in [0.15, 0.2) is 47.8 Å². The summed E-state index contributed by atoms with van der Waals surface area (Å²) >= 11 is 0. The lowest BCUT2D eigenvalue weighted by Gasteiger charge is -2.06. The van der Waals surface area contributed by atoms with Gasteiger partial charge in [0.1, 0.15) is 0 Å². The number of hydrogen-bond donors (Lipinski definition) is 2. The zero-order valence-corrected chi connectivity index (χ0v) is 9.25. The maximum absolute atomic E-state index is 13.4. The van der Waals surface area contributed by atoms with Crippen LogP contribution >= 0.6 is 0 Å². The molecule has 1 heterocycles. The van der Waals surface area contributed by atoms with Gasteiger partial charge in [0.05, 0.1) is 0 Å². The number of ether oxygens (including phenoxy) is 1. The highest BCUT2D eigenvalue weighted by atomic mass is 19.1. The van der Waals surface area contributed by atoms with E-state index in [2.05, 4.69) is 10.1 Å². The van der Waals surface area contributed by atoms with Gasteiger partial charge in [0, 0.05) is 17.8 Å². The van der Waals surface area contributed by atoms with Gasteiger partial charge in [-0.2, -0.15) is 0 Å². The lowest BCUT2D eigenvalue weighted by molar-refractivity contribution is 0.318. The van der Waals surface area contributed by atoms with E-state index in [1.165, 1.54) is 24.4 Å². The van der Waals surface area contributed by atoms with E-state index in [4.69, 9.17) is 15.7 Å². The lowest BCUT2D eigenvalue weighted by Crippen LogP contribution is -2.13. The largest absolute Gasteiger partial charge is 0.436 e. The summed E-state index contributed by atoms with van der Waals surface area (Å²) in [5.41, 5.74) is 5.86. The molecular formula is C12H10FN3O2. The summed E-state index contributed by atoms with van der Waals surface area (Å²) in [5.74, 6) is -0.352. The summed E-state index contributed by atoms with van der Waals surface area (Å²) in [6.45, 7) is 0. The molecule has 92 valence electrons. The zero-order chi connectivity index (χ0) is 13.0. The first-order valence-corrected chi connectivity index (χ1v) is 5.07. The fourth-order valence-electron chi connectivity index (χ4n) is 1.32. The molecule has 2 aromatic rings. The molecule has 2 rings (SSSR count). The van der Waals surface area contributed by atoms with Crippen LogP contribution in [0.5, 0.6) is 11.6 Å². The first-order chi connectivity index (χ1) is 8.70. The molecule has 0 saturated heterocycles. The number of oxime groups is 1. The van der Waals surface area contributed by atoms with Crippen molar-refractivity contribution in [1.29, 1.82) is 0 Å². The fraction of sp³-hybridized carbons (Fsp3) is 0. The number of pyridine rings is 1. The van der Waals surface area contributed by atoms with E-state index in [1.807, 2.05) is 0 Å². The Morgan fingerprint density at radius 1 is 1.33 bits per heavy atom. The number of hydrogen-bond acceptors (Lipinski definition) is 4. The number of halogens is 1. The molecule has 3 N–H and O–H groups in total. The smallest absolute Gasteiger partial charge is 0.220 e. The van der Waals surface area contributed by atoms with Crippen molar-refractivity contribution >= 4 is 5.84 Å². The van der Waals surface area contributed by atoms with Crippen LogP contribution in [0.3, 0.4) is 0 Å². The van der Waals surface area contributed by atoms with Crippen LogP contribution in [0.1, 0.15) is 5.56 Å². The normalized spacial score (nSPS) is 11.3. The topological polar surface area (TPSA) is 80.7 Å². The Balaban J connectivity index is 2.28. The van der Waals surface area contributed by atoms with Crippen molar-refractivity contribution in [2.45, 2.75) is 0 Å². The summed E-state index contributed by atoms with van der Waals surface area (Å²) in [6, 6.07) is 8.95. The maximum Gasteiger partial charge on any atom is 0.220 e. The average Bonchev–Trinajstić information content (AvgIpc) is 2.41. The Bertz CT molecular complexity index is 587. The van der Waals surface area contributed by atoms with E-state index >= 15 is 0 Å². The number of rotatable bonds is 3. The molecule has 0 fully saturated rings. The van der Waals surface area contributed by atoms with Gasteiger partial charge in [-0.15, -0.1) is 0 Å². The third-order valence-corrected chi connectivity index (χ3v) is 2.19. The van der Waals surface area contributed by atoms with Crippen LogP contribution in [0, 0.1) is 5.82 Å². The highest BCUT2D eigenvalue weighted by molar-refractivity contribution is 5.97. The number of benzene rings is 1. The monoisotopic (exact) mass is 247 g/mol. The fourth-order valence-corrected chi connectivity index (χ4v) is 1.32. The first kappa shape index (κ1) is 11.8. The van der Waals surface area contributed by atoms with Crippen LogP contribution < -0.4 is 10.5 Å². The van der Waals surface area contributed by atoms with Gasteiger partial charge in [-0.25, -0.2) is 9.37 Å². The molecule has 0 aliphatic carbocycles. The van der Waals surface area contributed by atoms with Crippen LogP contribution in [0.25, 0.3) is 0 Å². The number of amidine groups is 1. The second-order valence-corrected chi connectivity index (χ2v) is 3.40. The van der Waals surface area contributed by atoms with Crippen molar-refractivity contribution in [2.75, 3.05) is 0 Å².